The molecule has 0 aliphatic heterocycles. The first-order valence-corrected chi connectivity index (χ1v) is 9.93. The highest BCUT2D eigenvalue weighted by atomic mass is 32.1. The summed E-state index contributed by atoms with van der Waals surface area (Å²) in [6, 6.07) is 4.18. The van der Waals surface area contributed by atoms with Crippen molar-refractivity contribution in [3.63, 3.8) is 0 Å². The minimum Gasteiger partial charge on any atom is -0.375 e. The van der Waals surface area contributed by atoms with E-state index in [0.717, 1.165) is 28.3 Å². The fourth-order valence-corrected chi connectivity index (χ4v) is 3.63. The Morgan fingerprint density at radius 1 is 1.23 bits per heavy atom. The minimum atomic E-state index is -1.02. The maximum atomic E-state index is 13.6. The van der Waals surface area contributed by atoms with Crippen LogP contribution in [0.1, 0.15) is 32.2 Å². The van der Waals surface area contributed by atoms with Gasteiger partial charge in [0.2, 0.25) is 5.91 Å². The number of aromatic nitrogens is 2. The molecule has 3 aromatic rings. The van der Waals surface area contributed by atoms with Gasteiger partial charge in [0.15, 0.2) is 16.8 Å². The number of amides is 2. The molecule has 0 saturated carbocycles. The van der Waals surface area contributed by atoms with E-state index >= 15 is 0 Å². The van der Waals surface area contributed by atoms with Crippen LogP contribution in [0.3, 0.4) is 0 Å². The van der Waals surface area contributed by atoms with E-state index in [1.54, 1.807) is 13.1 Å². The largest absolute Gasteiger partial charge is 0.375 e. The van der Waals surface area contributed by atoms with E-state index in [4.69, 9.17) is 5.73 Å². The monoisotopic (exact) mass is 433 g/mol. The Morgan fingerprint density at radius 2 is 2.00 bits per heavy atom. The van der Waals surface area contributed by atoms with E-state index in [1.165, 1.54) is 17.4 Å². The molecular formula is C20H21F2N5O2S. The Labute approximate surface area is 175 Å². The van der Waals surface area contributed by atoms with Crippen molar-refractivity contribution in [2.45, 2.75) is 32.9 Å². The normalized spacial score (nSPS) is 11.9. The molecule has 0 unspecified atom stereocenters. The van der Waals surface area contributed by atoms with Crippen molar-refractivity contribution in [1.82, 2.24) is 20.6 Å². The summed E-state index contributed by atoms with van der Waals surface area (Å²) in [5.74, 6) is -2.94. The lowest BCUT2D eigenvalue weighted by Gasteiger charge is -2.18. The van der Waals surface area contributed by atoms with Gasteiger partial charge in [-0.05, 0) is 43.2 Å². The smallest absolute Gasteiger partial charge is 0.268 e. The Morgan fingerprint density at radius 3 is 2.60 bits per heavy atom. The predicted molar refractivity (Wildman–Crippen MR) is 110 cm³/mol. The molecule has 0 saturated heterocycles. The minimum absolute atomic E-state index is 0.0155. The van der Waals surface area contributed by atoms with Gasteiger partial charge in [-0.1, -0.05) is 6.07 Å². The second kappa shape index (κ2) is 9.04. The summed E-state index contributed by atoms with van der Waals surface area (Å²) in [4.78, 5) is 33.1. The molecule has 7 nitrogen and oxygen atoms in total. The van der Waals surface area contributed by atoms with Crippen LogP contribution in [0.5, 0.6) is 0 Å². The number of nitrogens with two attached hydrogens (primary N) is 1. The zero-order chi connectivity index (χ0) is 21.8. The third-order valence-corrected chi connectivity index (χ3v) is 5.26. The lowest BCUT2D eigenvalue weighted by atomic mass is 10.0. The summed E-state index contributed by atoms with van der Waals surface area (Å²) in [6.45, 7) is 3.77. The molecule has 2 heterocycles. The lowest BCUT2D eigenvalue weighted by molar-refractivity contribution is -0.123. The molecule has 1 aromatic carbocycles. The van der Waals surface area contributed by atoms with Crippen LogP contribution in [0.4, 0.5) is 13.9 Å². The summed E-state index contributed by atoms with van der Waals surface area (Å²) in [5.41, 5.74) is 7.84. The highest BCUT2D eigenvalue weighted by Gasteiger charge is 2.24. The van der Waals surface area contributed by atoms with Gasteiger partial charge in [-0.25, -0.2) is 13.8 Å². The van der Waals surface area contributed by atoms with Crippen LogP contribution in [0.2, 0.25) is 0 Å². The predicted octanol–water partition coefficient (Wildman–Crippen LogP) is 2.61. The van der Waals surface area contributed by atoms with E-state index in [0.29, 0.717) is 16.4 Å². The fraction of sp³-hybridized carbons (Fsp3) is 0.250. The van der Waals surface area contributed by atoms with Crippen LogP contribution in [0.25, 0.3) is 0 Å². The zero-order valence-electron chi connectivity index (χ0n) is 16.4. The molecular weight excluding hydrogens is 412 g/mol. The SMILES string of the molecule is Cc1cc(C)c(C(=O)N[C@@H](Cc2ccc(F)c(F)c2)C(=O)NCc2cnc(N)s2)[nH]1. The number of halogens is 2. The Bertz CT molecular complexity index is 1080. The lowest BCUT2D eigenvalue weighted by Crippen LogP contribution is -2.48. The number of nitrogen functional groups attached to an aromatic ring is 1. The Hall–Kier alpha value is -3.27. The molecule has 0 aliphatic rings. The van der Waals surface area contributed by atoms with Crippen LogP contribution in [0, 0.1) is 25.5 Å². The van der Waals surface area contributed by atoms with Crippen LogP contribution >= 0.6 is 11.3 Å². The van der Waals surface area contributed by atoms with Gasteiger partial charge < -0.3 is 21.4 Å². The molecule has 30 heavy (non-hydrogen) atoms. The molecule has 2 aromatic heterocycles. The molecule has 10 heteroatoms. The fourth-order valence-electron chi connectivity index (χ4n) is 3.01. The van der Waals surface area contributed by atoms with Crippen LogP contribution in [0.15, 0.2) is 30.5 Å². The van der Waals surface area contributed by atoms with Crippen LogP contribution < -0.4 is 16.4 Å². The summed E-state index contributed by atoms with van der Waals surface area (Å²) < 4.78 is 26.8. The van der Waals surface area contributed by atoms with E-state index in [1.807, 2.05) is 13.0 Å². The van der Waals surface area contributed by atoms with Crippen molar-refractivity contribution in [3.8, 4) is 0 Å². The molecule has 3 rings (SSSR count). The number of nitrogens with one attached hydrogen (secondary N) is 3. The first-order valence-electron chi connectivity index (χ1n) is 9.12. The van der Waals surface area contributed by atoms with Gasteiger partial charge in [0.1, 0.15) is 11.7 Å². The van der Waals surface area contributed by atoms with Crippen molar-refractivity contribution in [1.29, 1.82) is 0 Å². The molecule has 0 bridgehead atoms. The van der Waals surface area contributed by atoms with Gasteiger partial charge in [0, 0.05) is 23.2 Å². The summed E-state index contributed by atoms with van der Waals surface area (Å²) in [6.07, 6.45) is 1.53. The summed E-state index contributed by atoms with van der Waals surface area (Å²) >= 11 is 1.23. The molecule has 5 N–H and O–H groups in total. The maximum absolute atomic E-state index is 13.6. The summed E-state index contributed by atoms with van der Waals surface area (Å²) in [5, 5.41) is 5.77. The van der Waals surface area contributed by atoms with E-state index in [2.05, 4.69) is 20.6 Å². The number of hydrogen-bond donors (Lipinski definition) is 4. The number of H-pyrrole nitrogens is 1. The quantitative estimate of drug-likeness (QED) is 0.459. The van der Waals surface area contributed by atoms with Crippen molar-refractivity contribution in [2.24, 2.45) is 0 Å². The number of hydrogen-bond acceptors (Lipinski definition) is 5. The van der Waals surface area contributed by atoms with Crippen molar-refractivity contribution < 1.29 is 18.4 Å². The first-order chi connectivity index (χ1) is 14.2. The number of anilines is 1. The van der Waals surface area contributed by atoms with Gasteiger partial charge in [-0.15, -0.1) is 11.3 Å². The van der Waals surface area contributed by atoms with Gasteiger partial charge in [-0.3, -0.25) is 9.59 Å². The van der Waals surface area contributed by atoms with Crippen LogP contribution in [-0.4, -0.2) is 27.8 Å². The molecule has 0 radical (unpaired) electrons. The van der Waals surface area contributed by atoms with Crippen molar-refractivity contribution >= 4 is 28.3 Å². The average Bonchev–Trinajstić information content (AvgIpc) is 3.26. The first kappa shape index (κ1) is 21.4. The average molecular weight is 433 g/mol. The number of carbonyl (C=O) groups is 2. The number of aryl methyl sites for hydroxylation is 2. The van der Waals surface area contributed by atoms with Gasteiger partial charge in [0.25, 0.3) is 5.91 Å². The third kappa shape index (κ3) is 5.20. The molecule has 2 amide bonds. The molecule has 158 valence electrons. The van der Waals surface area contributed by atoms with Crippen LogP contribution in [-0.2, 0) is 17.8 Å². The maximum Gasteiger partial charge on any atom is 0.268 e. The van der Waals surface area contributed by atoms with E-state index < -0.39 is 29.5 Å². The molecule has 0 aliphatic carbocycles. The topological polar surface area (TPSA) is 113 Å². The Balaban J connectivity index is 1.77. The van der Waals surface area contributed by atoms with Gasteiger partial charge >= 0.3 is 0 Å². The zero-order valence-corrected chi connectivity index (χ0v) is 17.2. The van der Waals surface area contributed by atoms with Gasteiger partial charge in [-0.2, -0.15) is 0 Å². The molecule has 1 atom stereocenters. The number of aromatic amines is 1. The van der Waals surface area contributed by atoms with Gasteiger partial charge in [0.05, 0.1) is 6.54 Å². The molecule has 0 spiro atoms. The second-order valence-corrected chi connectivity index (χ2v) is 8.02. The van der Waals surface area contributed by atoms with E-state index in [9.17, 15) is 18.4 Å². The number of carbonyl (C=O) groups excluding carboxylic acids is 2. The number of thiazole rings is 1. The highest BCUT2D eigenvalue weighted by Crippen LogP contribution is 2.15. The van der Waals surface area contributed by atoms with Crippen molar-refractivity contribution in [3.05, 3.63) is 69.5 Å². The van der Waals surface area contributed by atoms with Crippen molar-refractivity contribution in [2.75, 3.05) is 5.73 Å². The Kier molecular flexibility index (Phi) is 6.46. The third-order valence-electron chi connectivity index (χ3n) is 4.43. The number of benzene rings is 1. The standard InChI is InChI=1S/C20H21F2N5O2S/c1-10-5-11(2)26-17(10)19(29)27-16(7-12-3-4-14(21)15(22)6-12)18(28)24-8-13-9-25-20(23)30-13/h3-6,9,16,26H,7-8H2,1-2H3,(H2,23,25)(H,24,28)(H,27,29)/t16-/m0/s1. The summed E-state index contributed by atoms with van der Waals surface area (Å²) in [7, 11) is 0. The number of nitrogens with zero attached hydrogens (tertiary/aromatic N) is 1. The van der Waals surface area contributed by atoms with E-state index in [-0.39, 0.29) is 13.0 Å². The highest BCUT2D eigenvalue weighted by molar-refractivity contribution is 7.15. The number of rotatable bonds is 7. The second-order valence-electron chi connectivity index (χ2n) is 6.87. The molecule has 0 fully saturated rings.